The number of anilines is 1. The Hall–Kier alpha value is -3.96. The van der Waals surface area contributed by atoms with Crippen molar-refractivity contribution in [3.63, 3.8) is 0 Å². The molecule has 2 aromatic heterocycles. The van der Waals surface area contributed by atoms with Crippen molar-refractivity contribution in [2.45, 2.75) is 26.4 Å². The monoisotopic (exact) mass is 527 g/mol. The number of aryl methyl sites for hydroxylation is 1. The number of ether oxygens (including phenoxy) is 1. The Bertz CT molecular complexity index is 1270. The summed E-state index contributed by atoms with van der Waals surface area (Å²) in [5, 5.41) is 8.86. The standard InChI is InChI=1S/C25H30ClN7O4/c1-17-13-32-24(30-10-7-20-4-2-3-9-28-20)25(36)33(17)15-22(34)31-14-18-12-19(26)5-6-21(18)37-16-23(35)29-11-8-27/h2-6,9,12-13H,7-8,10-11,14-16,27H2,1H3,(H,29,35)(H,30,32)(H,31,34). The predicted octanol–water partition coefficient (Wildman–Crippen LogP) is 1.02. The summed E-state index contributed by atoms with van der Waals surface area (Å²) >= 11 is 6.11. The number of benzene rings is 1. The summed E-state index contributed by atoms with van der Waals surface area (Å²) in [6.45, 7) is 2.54. The maximum absolute atomic E-state index is 12.9. The Morgan fingerprint density at radius 2 is 1.95 bits per heavy atom. The molecule has 0 saturated heterocycles. The molecule has 0 aliphatic rings. The van der Waals surface area contributed by atoms with Crippen molar-refractivity contribution in [1.82, 2.24) is 25.2 Å². The molecule has 3 rings (SSSR count). The van der Waals surface area contributed by atoms with Crippen LogP contribution < -0.4 is 32.0 Å². The second-order valence-corrected chi connectivity index (χ2v) is 8.53. The maximum Gasteiger partial charge on any atom is 0.293 e. The third-order valence-corrected chi connectivity index (χ3v) is 5.51. The molecule has 0 radical (unpaired) electrons. The van der Waals surface area contributed by atoms with Crippen molar-refractivity contribution in [3.8, 4) is 5.75 Å². The zero-order valence-corrected chi connectivity index (χ0v) is 21.3. The van der Waals surface area contributed by atoms with Crippen LogP contribution in [0, 0.1) is 6.92 Å². The Morgan fingerprint density at radius 1 is 1.11 bits per heavy atom. The van der Waals surface area contributed by atoms with E-state index >= 15 is 0 Å². The molecular weight excluding hydrogens is 498 g/mol. The van der Waals surface area contributed by atoms with Gasteiger partial charge in [0.05, 0.1) is 0 Å². The van der Waals surface area contributed by atoms with Crippen LogP contribution in [0.25, 0.3) is 0 Å². The number of carbonyl (C=O) groups is 2. The van der Waals surface area contributed by atoms with Gasteiger partial charge >= 0.3 is 0 Å². The number of pyridine rings is 1. The van der Waals surface area contributed by atoms with Crippen LogP contribution in [0.15, 0.2) is 53.6 Å². The van der Waals surface area contributed by atoms with E-state index in [1.807, 2.05) is 18.2 Å². The average molecular weight is 528 g/mol. The van der Waals surface area contributed by atoms with Gasteiger partial charge in [0, 0.05) is 67.0 Å². The largest absolute Gasteiger partial charge is 0.483 e. The van der Waals surface area contributed by atoms with E-state index in [0.717, 1.165) is 5.69 Å². The van der Waals surface area contributed by atoms with Gasteiger partial charge in [-0.3, -0.25) is 23.9 Å². The van der Waals surface area contributed by atoms with Crippen LogP contribution in [-0.2, 0) is 29.1 Å². The van der Waals surface area contributed by atoms with Gasteiger partial charge in [-0.15, -0.1) is 0 Å². The summed E-state index contributed by atoms with van der Waals surface area (Å²) in [5.74, 6) is -0.133. The zero-order valence-electron chi connectivity index (χ0n) is 20.5. The molecule has 0 spiro atoms. The summed E-state index contributed by atoms with van der Waals surface area (Å²) < 4.78 is 6.94. The topological polar surface area (TPSA) is 153 Å². The summed E-state index contributed by atoms with van der Waals surface area (Å²) in [5.41, 5.74) is 7.00. The second-order valence-electron chi connectivity index (χ2n) is 8.09. The number of amides is 2. The molecule has 0 bridgehead atoms. The van der Waals surface area contributed by atoms with Gasteiger partial charge in [-0.25, -0.2) is 4.98 Å². The molecule has 5 N–H and O–H groups in total. The second kappa shape index (κ2) is 14.0. The highest BCUT2D eigenvalue weighted by Crippen LogP contribution is 2.23. The fourth-order valence-electron chi connectivity index (χ4n) is 3.37. The van der Waals surface area contributed by atoms with Crippen LogP contribution in [0.2, 0.25) is 5.02 Å². The van der Waals surface area contributed by atoms with Crippen molar-refractivity contribution >= 4 is 29.2 Å². The Labute approximate surface area is 219 Å². The molecule has 0 fully saturated rings. The lowest BCUT2D eigenvalue weighted by molar-refractivity contribution is -0.123. The van der Waals surface area contributed by atoms with Gasteiger partial charge in [0.15, 0.2) is 12.4 Å². The molecule has 11 nitrogen and oxygen atoms in total. The number of nitrogens with zero attached hydrogens (tertiary/aromatic N) is 3. The van der Waals surface area contributed by atoms with Crippen molar-refractivity contribution < 1.29 is 14.3 Å². The number of halogens is 1. The van der Waals surface area contributed by atoms with Gasteiger partial charge in [0.1, 0.15) is 12.3 Å². The maximum atomic E-state index is 12.9. The molecule has 2 heterocycles. The predicted molar refractivity (Wildman–Crippen MR) is 141 cm³/mol. The Morgan fingerprint density at radius 3 is 2.70 bits per heavy atom. The number of hydrogen-bond donors (Lipinski definition) is 4. The summed E-state index contributed by atoms with van der Waals surface area (Å²) in [4.78, 5) is 45.9. The zero-order chi connectivity index (χ0) is 26.6. The highest BCUT2D eigenvalue weighted by atomic mass is 35.5. The first-order valence-electron chi connectivity index (χ1n) is 11.7. The molecule has 0 saturated carbocycles. The molecule has 0 atom stereocenters. The van der Waals surface area contributed by atoms with Crippen molar-refractivity contribution in [1.29, 1.82) is 0 Å². The number of hydrogen-bond acceptors (Lipinski definition) is 8. The lowest BCUT2D eigenvalue weighted by atomic mass is 10.2. The third-order valence-electron chi connectivity index (χ3n) is 5.28. The van der Waals surface area contributed by atoms with Gasteiger partial charge in [0.25, 0.3) is 11.5 Å². The van der Waals surface area contributed by atoms with Crippen LogP contribution in [-0.4, -0.2) is 52.6 Å². The van der Waals surface area contributed by atoms with Gasteiger partial charge in [-0.2, -0.15) is 0 Å². The SMILES string of the molecule is Cc1cnc(NCCc2ccccn2)c(=O)n1CC(=O)NCc1cc(Cl)ccc1OCC(=O)NCCN. The van der Waals surface area contributed by atoms with Gasteiger partial charge < -0.3 is 26.4 Å². The van der Waals surface area contributed by atoms with Gasteiger partial charge in [0.2, 0.25) is 5.91 Å². The van der Waals surface area contributed by atoms with E-state index in [9.17, 15) is 14.4 Å². The molecule has 3 aromatic rings. The Balaban J connectivity index is 1.59. The first-order valence-corrected chi connectivity index (χ1v) is 12.1. The van der Waals surface area contributed by atoms with Crippen LogP contribution in [0.1, 0.15) is 17.0 Å². The number of nitrogens with one attached hydrogen (secondary N) is 3. The number of aromatic nitrogens is 3. The van der Waals surface area contributed by atoms with E-state index in [-0.39, 0.29) is 37.3 Å². The fraction of sp³-hybridized carbons (Fsp3) is 0.320. The summed E-state index contributed by atoms with van der Waals surface area (Å²) in [6.07, 6.45) is 3.87. The first-order chi connectivity index (χ1) is 17.9. The van der Waals surface area contributed by atoms with E-state index in [2.05, 4.69) is 25.9 Å². The van der Waals surface area contributed by atoms with Crippen LogP contribution in [0.3, 0.4) is 0 Å². The van der Waals surface area contributed by atoms with Gasteiger partial charge in [-0.1, -0.05) is 17.7 Å². The van der Waals surface area contributed by atoms with E-state index in [1.165, 1.54) is 10.8 Å². The van der Waals surface area contributed by atoms with E-state index in [4.69, 9.17) is 22.1 Å². The molecule has 2 amide bonds. The lowest BCUT2D eigenvalue weighted by Crippen LogP contribution is -2.35. The molecule has 12 heteroatoms. The fourth-order valence-corrected chi connectivity index (χ4v) is 3.56. The molecule has 37 heavy (non-hydrogen) atoms. The van der Waals surface area contributed by atoms with E-state index in [0.29, 0.717) is 48.1 Å². The Kier molecular flexibility index (Phi) is 10.4. The highest BCUT2D eigenvalue weighted by molar-refractivity contribution is 6.30. The number of nitrogens with two attached hydrogens (primary N) is 1. The van der Waals surface area contributed by atoms with Crippen molar-refractivity contribution in [2.75, 3.05) is 31.6 Å². The molecule has 196 valence electrons. The molecule has 1 aromatic carbocycles. The van der Waals surface area contributed by atoms with Crippen molar-refractivity contribution in [3.05, 3.63) is 81.1 Å². The van der Waals surface area contributed by atoms with E-state index < -0.39 is 5.56 Å². The van der Waals surface area contributed by atoms with Crippen molar-refractivity contribution in [2.24, 2.45) is 5.73 Å². The molecule has 0 aliphatic carbocycles. The average Bonchev–Trinajstić information content (AvgIpc) is 2.90. The summed E-state index contributed by atoms with van der Waals surface area (Å²) in [6, 6.07) is 10.5. The normalized spacial score (nSPS) is 10.6. The minimum Gasteiger partial charge on any atom is -0.483 e. The minimum atomic E-state index is -0.397. The van der Waals surface area contributed by atoms with Crippen LogP contribution in [0.5, 0.6) is 5.75 Å². The molecule has 0 aliphatic heterocycles. The van der Waals surface area contributed by atoms with Crippen LogP contribution in [0.4, 0.5) is 5.82 Å². The smallest absolute Gasteiger partial charge is 0.293 e. The lowest BCUT2D eigenvalue weighted by Gasteiger charge is -2.14. The molecular formula is C25H30ClN7O4. The molecule has 0 unspecified atom stereocenters. The van der Waals surface area contributed by atoms with Gasteiger partial charge in [-0.05, 0) is 37.3 Å². The highest BCUT2D eigenvalue weighted by Gasteiger charge is 2.13. The minimum absolute atomic E-state index is 0.0905. The third kappa shape index (κ3) is 8.58. The number of carbonyl (C=O) groups excluding carboxylic acids is 2. The van der Waals surface area contributed by atoms with E-state index in [1.54, 1.807) is 31.3 Å². The first kappa shape index (κ1) is 27.6. The number of rotatable bonds is 13. The summed E-state index contributed by atoms with van der Waals surface area (Å²) in [7, 11) is 0. The quantitative estimate of drug-likeness (QED) is 0.257. The van der Waals surface area contributed by atoms with Crippen LogP contribution >= 0.6 is 11.6 Å².